The number of nitrogens with one attached hydrogen (secondary N) is 2. The molecule has 0 aromatic heterocycles. The number of rotatable bonds is 20. The zero-order chi connectivity index (χ0) is 45.2. The van der Waals surface area contributed by atoms with Gasteiger partial charge in [0.15, 0.2) is 0 Å². The normalized spacial score (nSPS) is 12.9. The van der Waals surface area contributed by atoms with Gasteiger partial charge in [-0.1, -0.05) is 119 Å². The van der Waals surface area contributed by atoms with Gasteiger partial charge in [0.25, 0.3) is 11.8 Å². The van der Waals surface area contributed by atoms with Crippen LogP contribution >= 0.6 is 0 Å². The molecule has 0 aliphatic heterocycles. The third kappa shape index (κ3) is 11.2. The molecule has 5 rings (SSSR count). The molecule has 2 atom stereocenters. The average molecular weight is 883 g/mol. The van der Waals surface area contributed by atoms with E-state index in [0.717, 1.165) is 30.9 Å². The van der Waals surface area contributed by atoms with Crippen molar-refractivity contribution in [2.45, 2.75) is 49.6 Å². The van der Waals surface area contributed by atoms with Crippen molar-refractivity contribution in [3.05, 3.63) is 145 Å². The lowest BCUT2D eigenvalue weighted by atomic mass is 10.0. The molecule has 0 unspecified atom stereocenters. The molecule has 16 heteroatoms. The van der Waals surface area contributed by atoms with E-state index in [2.05, 4.69) is 10.6 Å². The van der Waals surface area contributed by atoms with Gasteiger partial charge in [0.1, 0.15) is 12.1 Å². The number of carboxylic acids is 2. The van der Waals surface area contributed by atoms with Crippen LogP contribution in [0.25, 0.3) is 22.3 Å². The fourth-order valence-corrected chi connectivity index (χ4v) is 10.5. The number of hydrogen-bond donors (Lipinski definition) is 4. The number of sulfonamides is 2. The first-order valence-electron chi connectivity index (χ1n) is 19.9. The largest absolute Gasteiger partial charge is 0.480 e. The van der Waals surface area contributed by atoms with E-state index in [4.69, 9.17) is 0 Å². The van der Waals surface area contributed by atoms with Gasteiger partial charge in [-0.15, -0.1) is 0 Å². The summed E-state index contributed by atoms with van der Waals surface area (Å²) in [6.07, 6.45) is 0. The van der Waals surface area contributed by atoms with Crippen LogP contribution in [0.4, 0.5) is 0 Å². The zero-order valence-electron chi connectivity index (χ0n) is 34.7. The van der Waals surface area contributed by atoms with Crippen molar-refractivity contribution in [1.29, 1.82) is 0 Å². The van der Waals surface area contributed by atoms with E-state index in [0.29, 0.717) is 0 Å². The van der Waals surface area contributed by atoms with Gasteiger partial charge in [-0.2, -0.15) is 8.61 Å². The predicted octanol–water partition coefficient (Wildman–Crippen LogP) is 6.08. The Morgan fingerprint density at radius 3 is 1.11 bits per heavy atom. The molecule has 4 N–H and O–H groups in total. The highest BCUT2D eigenvalue weighted by molar-refractivity contribution is 7.89. The number of carbonyl (C=O) groups is 4. The van der Waals surface area contributed by atoms with Crippen LogP contribution in [-0.4, -0.2) is 97.7 Å². The first-order chi connectivity index (χ1) is 29.4. The Hall–Kier alpha value is -6.20. The summed E-state index contributed by atoms with van der Waals surface area (Å²) in [5, 5.41) is 25.4. The van der Waals surface area contributed by atoms with Crippen LogP contribution in [-0.2, 0) is 29.6 Å². The molecule has 326 valence electrons. The monoisotopic (exact) mass is 882 g/mol. The van der Waals surface area contributed by atoms with Crippen molar-refractivity contribution >= 4 is 43.8 Å². The van der Waals surface area contributed by atoms with Crippen molar-refractivity contribution in [1.82, 2.24) is 19.2 Å². The van der Waals surface area contributed by atoms with Crippen LogP contribution < -0.4 is 10.6 Å². The summed E-state index contributed by atoms with van der Waals surface area (Å²) in [4.78, 5) is 51.2. The third-order valence-electron chi connectivity index (χ3n) is 10.1. The van der Waals surface area contributed by atoms with Crippen LogP contribution in [0.2, 0.25) is 0 Å². The Kier molecular flexibility index (Phi) is 15.6. The fraction of sp³-hybridized carbons (Fsp3) is 0.261. The number of benzene rings is 5. The maximum Gasteiger partial charge on any atom is 0.322 e. The lowest BCUT2D eigenvalue weighted by molar-refractivity contribution is -0.143. The quantitative estimate of drug-likeness (QED) is 0.0709. The molecule has 14 nitrogen and oxygen atoms in total. The summed E-state index contributed by atoms with van der Waals surface area (Å²) in [5.74, 6) is -5.30. The van der Waals surface area contributed by atoms with Crippen LogP contribution in [0.3, 0.4) is 0 Å². The van der Waals surface area contributed by atoms with Crippen molar-refractivity contribution < 1.29 is 46.2 Å². The van der Waals surface area contributed by atoms with E-state index in [9.17, 15) is 46.2 Å². The molecule has 0 bridgehead atoms. The van der Waals surface area contributed by atoms with E-state index < -0.39 is 67.7 Å². The summed E-state index contributed by atoms with van der Waals surface area (Å²) in [6, 6.07) is 33.6. The summed E-state index contributed by atoms with van der Waals surface area (Å²) in [6.45, 7) is 5.05. The molecule has 0 fully saturated rings. The smallest absolute Gasteiger partial charge is 0.322 e. The highest BCUT2D eigenvalue weighted by Gasteiger charge is 2.39. The molecule has 0 heterocycles. The van der Waals surface area contributed by atoms with Gasteiger partial charge in [-0.3, -0.25) is 19.2 Å². The maximum absolute atomic E-state index is 14.0. The number of amides is 2. The Morgan fingerprint density at radius 2 is 0.806 bits per heavy atom. The topological polar surface area (TPSA) is 208 Å². The SMILES string of the molecule is CC(C)[C@H](C(=O)O)N(CCNC(=O)c1cccc(C(=O)NCCN([C@@H](C(=O)O)C(C)C)S(=O)(=O)c2ccc(-c3ccccc3)cc2)c1)S(=O)(=O)c1ccc(-c2ccccc2)cc1. The van der Waals surface area contributed by atoms with E-state index in [1.807, 2.05) is 60.7 Å². The molecule has 0 spiro atoms. The van der Waals surface area contributed by atoms with Crippen molar-refractivity contribution in [2.24, 2.45) is 11.8 Å². The fourth-order valence-electron chi connectivity index (χ4n) is 7.04. The van der Waals surface area contributed by atoms with Gasteiger partial charge in [-0.05, 0) is 76.6 Å². The predicted molar refractivity (Wildman–Crippen MR) is 235 cm³/mol. The van der Waals surface area contributed by atoms with Crippen LogP contribution in [0, 0.1) is 11.8 Å². The molecule has 5 aromatic carbocycles. The van der Waals surface area contributed by atoms with Gasteiger partial charge < -0.3 is 20.8 Å². The van der Waals surface area contributed by atoms with Crippen LogP contribution in [0.15, 0.2) is 143 Å². The molecular weight excluding hydrogens is 833 g/mol. The first-order valence-corrected chi connectivity index (χ1v) is 22.8. The highest BCUT2D eigenvalue weighted by atomic mass is 32.2. The molecule has 5 aromatic rings. The van der Waals surface area contributed by atoms with Gasteiger partial charge in [0, 0.05) is 37.3 Å². The summed E-state index contributed by atoms with van der Waals surface area (Å²) >= 11 is 0. The number of carboxylic acid groups (broad SMARTS) is 2. The minimum Gasteiger partial charge on any atom is -0.480 e. The summed E-state index contributed by atoms with van der Waals surface area (Å²) in [5.41, 5.74) is 3.36. The maximum atomic E-state index is 14.0. The molecule has 0 saturated heterocycles. The molecule has 0 radical (unpaired) electrons. The van der Waals surface area contributed by atoms with E-state index >= 15 is 0 Å². The number of nitrogens with zero attached hydrogens (tertiary/aromatic N) is 2. The lowest BCUT2D eigenvalue weighted by Crippen LogP contribution is -2.50. The lowest BCUT2D eigenvalue weighted by Gasteiger charge is -2.30. The zero-order valence-corrected chi connectivity index (χ0v) is 36.3. The van der Waals surface area contributed by atoms with Crippen LogP contribution in [0.1, 0.15) is 48.4 Å². The van der Waals surface area contributed by atoms with E-state index in [-0.39, 0.29) is 47.1 Å². The molecule has 0 aliphatic rings. The number of aliphatic carboxylic acids is 2. The minimum absolute atomic E-state index is 0.0381. The average Bonchev–Trinajstić information content (AvgIpc) is 3.25. The van der Waals surface area contributed by atoms with Gasteiger partial charge in [-0.25, -0.2) is 16.8 Å². The summed E-state index contributed by atoms with van der Waals surface area (Å²) < 4.78 is 57.5. The molecule has 2 amide bonds. The standard InChI is InChI=1S/C46H50N4O10S2/c1-31(2)41(45(53)54)49(61(57,58)39-22-18-35(19-23-39)33-12-7-5-8-13-33)28-26-47-43(51)37-16-11-17-38(30-37)44(52)48-27-29-50(42(32(3)4)46(55)56)62(59,60)40-24-20-36(21-25-40)34-14-9-6-10-15-34/h5-25,30-32,41-42H,26-29H2,1-4H3,(H,47,51)(H,48,52)(H,53,54)(H,55,56)/t41-,42-/m1/s1. The van der Waals surface area contributed by atoms with Gasteiger partial charge in [0.05, 0.1) is 9.79 Å². The number of carbonyl (C=O) groups excluding carboxylic acids is 2. The van der Waals surface area contributed by atoms with Crippen molar-refractivity contribution in [3.8, 4) is 22.3 Å². The molecular formula is C46H50N4O10S2. The second kappa shape index (κ2) is 20.6. The van der Waals surface area contributed by atoms with Gasteiger partial charge >= 0.3 is 11.9 Å². The first kappa shape index (κ1) is 46.9. The molecule has 0 aliphatic carbocycles. The Balaban J connectivity index is 1.26. The summed E-state index contributed by atoms with van der Waals surface area (Å²) in [7, 11) is -8.73. The second-order valence-electron chi connectivity index (χ2n) is 15.2. The molecule has 62 heavy (non-hydrogen) atoms. The Morgan fingerprint density at radius 1 is 0.484 bits per heavy atom. The highest BCUT2D eigenvalue weighted by Crippen LogP contribution is 2.28. The van der Waals surface area contributed by atoms with Crippen LogP contribution in [0.5, 0.6) is 0 Å². The Bertz CT molecular complexity index is 2390. The van der Waals surface area contributed by atoms with Crippen molar-refractivity contribution in [3.63, 3.8) is 0 Å². The van der Waals surface area contributed by atoms with Gasteiger partial charge in [0.2, 0.25) is 20.0 Å². The third-order valence-corrected chi connectivity index (χ3v) is 13.9. The van der Waals surface area contributed by atoms with E-state index in [1.54, 1.807) is 52.0 Å². The minimum atomic E-state index is -4.36. The Labute approximate surface area is 362 Å². The number of hydrogen-bond acceptors (Lipinski definition) is 8. The second-order valence-corrected chi connectivity index (χ2v) is 18.9. The van der Waals surface area contributed by atoms with E-state index in [1.165, 1.54) is 48.5 Å². The van der Waals surface area contributed by atoms with Crippen molar-refractivity contribution in [2.75, 3.05) is 26.2 Å². The molecule has 0 saturated carbocycles.